The zero-order chi connectivity index (χ0) is 9.07. The highest BCUT2D eigenvalue weighted by Gasteiger charge is 2.18. The highest BCUT2D eigenvalue weighted by Crippen LogP contribution is 2.25. The molecular weight excluding hydrogens is 136 g/mol. The minimum atomic E-state index is 0.0956. The first-order valence-electron chi connectivity index (χ1n) is 3.79. The van der Waals surface area contributed by atoms with Crippen LogP contribution in [0.25, 0.3) is 0 Å². The second kappa shape index (κ2) is 3.56. The van der Waals surface area contributed by atoms with Crippen LogP contribution in [-0.2, 0) is 0 Å². The van der Waals surface area contributed by atoms with Crippen molar-refractivity contribution < 1.29 is 0 Å². The van der Waals surface area contributed by atoms with E-state index in [0.717, 1.165) is 11.3 Å². The average molecular weight is 154 g/mol. The van der Waals surface area contributed by atoms with Crippen LogP contribution in [0.4, 0.5) is 0 Å². The van der Waals surface area contributed by atoms with Gasteiger partial charge in [-0.1, -0.05) is 20.8 Å². The van der Waals surface area contributed by atoms with Crippen LogP contribution in [-0.4, -0.2) is 12.8 Å². The van der Waals surface area contributed by atoms with E-state index >= 15 is 0 Å². The third-order valence-corrected chi connectivity index (χ3v) is 1.70. The van der Waals surface area contributed by atoms with E-state index in [1.807, 2.05) is 6.92 Å². The normalized spacial score (nSPS) is 15.4. The maximum absolute atomic E-state index is 5.49. The maximum Gasteiger partial charge on any atom is 0.0365 e. The number of hydrogen-bond acceptors (Lipinski definition) is 2. The van der Waals surface area contributed by atoms with Gasteiger partial charge in [-0.05, 0) is 24.1 Å². The van der Waals surface area contributed by atoms with Crippen molar-refractivity contribution in [1.82, 2.24) is 0 Å². The molecule has 2 N–H and O–H groups in total. The van der Waals surface area contributed by atoms with Crippen LogP contribution in [0.1, 0.15) is 27.7 Å². The summed E-state index contributed by atoms with van der Waals surface area (Å²) in [4.78, 5) is 4.09. The van der Waals surface area contributed by atoms with Crippen molar-refractivity contribution in [3.8, 4) is 0 Å². The number of aliphatic imine (C=N–C) groups is 1. The minimum absolute atomic E-state index is 0.0956. The Morgan fingerprint density at radius 2 is 1.82 bits per heavy atom. The van der Waals surface area contributed by atoms with Gasteiger partial charge < -0.3 is 5.73 Å². The third-order valence-electron chi connectivity index (χ3n) is 1.70. The molecule has 0 aliphatic rings. The predicted octanol–water partition coefficient (Wildman–Crippen LogP) is 1.97. The Balaban J connectivity index is 4.73. The van der Waals surface area contributed by atoms with Gasteiger partial charge in [-0.15, -0.1) is 0 Å². The SMILES string of the molecule is CN=C(C)/C(=C\N)C(C)(C)C. The van der Waals surface area contributed by atoms with E-state index in [-0.39, 0.29) is 5.41 Å². The number of hydrogen-bond donors (Lipinski definition) is 1. The van der Waals surface area contributed by atoms with Gasteiger partial charge >= 0.3 is 0 Å². The molecule has 0 unspecified atom stereocenters. The van der Waals surface area contributed by atoms with Crippen LogP contribution in [0.3, 0.4) is 0 Å². The number of nitrogens with zero attached hydrogens (tertiary/aromatic N) is 1. The topological polar surface area (TPSA) is 38.4 Å². The van der Waals surface area contributed by atoms with Gasteiger partial charge in [-0.25, -0.2) is 0 Å². The quantitative estimate of drug-likeness (QED) is 0.576. The number of nitrogens with two attached hydrogens (primary N) is 1. The zero-order valence-corrected chi connectivity index (χ0v) is 8.10. The van der Waals surface area contributed by atoms with E-state index in [1.165, 1.54) is 0 Å². The summed E-state index contributed by atoms with van der Waals surface area (Å²) in [5.74, 6) is 0. The highest BCUT2D eigenvalue weighted by atomic mass is 14.7. The lowest BCUT2D eigenvalue weighted by Gasteiger charge is -2.21. The summed E-state index contributed by atoms with van der Waals surface area (Å²) in [5, 5.41) is 0. The molecule has 0 aliphatic carbocycles. The van der Waals surface area contributed by atoms with E-state index in [0.29, 0.717) is 0 Å². The van der Waals surface area contributed by atoms with Crippen molar-refractivity contribution in [3.05, 3.63) is 11.8 Å². The Morgan fingerprint density at radius 3 is 1.91 bits per heavy atom. The standard InChI is InChI=1S/C9H18N2/c1-7(11-5)8(6-10)9(2,3)4/h6H,10H2,1-5H3/b8-6+,11-7?. The molecule has 0 aliphatic heterocycles. The molecule has 0 amide bonds. The fourth-order valence-electron chi connectivity index (χ4n) is 1.03. The Morgan fingerprint density at radius 1 is 1.36 bits per heavy atom. The summed E-state index contributed by atoms with van der Waals surface area (Å²) < 4.78 is 0. The van der Waals surface area contributed by atoms with Crippen LogP contribution < -0.4 is 5.73 Å². The fraction of sp³-hybridized carbons (Fsp3) is 0.667. The molecule has 0 aromatic heterocycles. The van der Waals surface area contributed by atoms with Gasteiger partial charge in [0.05, 0.1) is 0 Å². The van der Waals surface area contributed by atoms with Crippen molar-refractivity contribution in [2.45, 2.75) is 27.7 Å². The van der Waals surface area contributed by atoms with Crippen LogP contribution in [0.15, 0.2) is 16.8 Å². The molecule has 0 aromatic rings. The second-order valence-corrected chi connectivity index (χ2v) is 3.64. The molecule has 0 bridgehead atoms. The van der Waals surface area contributed by atoms with E-state index < -0.39 is 0 Å². The van der Waals surface area contributed by atoms with Crippen LogP contribution in [0.5, 0.6) is 0 Å². The summed E-state index contributed by atoms with van der Waals surface area (Å²) in [6.45, 7) is 8.35. The van der Waals surface area contributed by atoms with Gasteiger partial charge in [0.1, 0.15) is 0 Å². The maximum atomic E-state index is 5.49. The van der Waals surface area contributed by atoms with Crippen molar-refractivity contribution in [1.29, 1.82) is 0 Å². The smallest absolute Gasteiger partial charge is 0.0365 e. The Kier molecular flexibility index (Phi) is 3.30. The van der Waals surface area contributed by atoms with Gasteiger partial charge in [0.25, 0.3) is 0 Å². The Hall–Kier alpha value is -0.790. The van der Waals surface area contributed by atoms with E-state index in [2.05, 4.69) is 25.8 Å². The number of allylic oxidation sites excluding steroid dienone is 1. The summed E-state index contributed by atoms with van der Waals surface area (Å²) in [5.41, 5.74) is 7.71. The minimum Gasteiger partial charge on any atom is -0.404 e. The van der Waals surface area contributed by atoms with E-state index in [4.69, 9.17) is 5.73 Å². The summed E-state index contributed by atoms with van der Waals surface area (Å²) >= 11 is 0. The van der Waals surface area contributed by atoms with E-state index in [1.54, 1.807) is 13.2 Å². The second-order valence-electron chi connectivity index (χ2n) is 3.64. The molecule has 0 saturated heterocycles. The summed E-state index contributed by atoms with van der Waals surface area (Å²) in [6.07, 6.45) is 1.64. The summed E-state index contributed by atoms with van der Waals surface area (Å²) in [6, 6.07) is 0. The third kappa shape index (κ3) is 2.74. The first-order chi connectivity index (χ1) is 4.93. The fourth-order valence-corrected chi connectivity index (χ4v) is 1.03. The first kappa shape index (κ1) is 10.2. The molecule has 11 heavy (non-hydrogen) atoms. The van der Waals surface area contributed by atoms with Gasteiger partial charge in [-0.3, -0.25) is 4.99 Å². The largest absolute Gasteiger partial charge is 0.404 e. The zero-order valence-electron chi connectivity index (χ0n) is 8.10. The lowest BCUT2D eigenvalue weighted by Crippen LogP contribution is -2.17. The van der Waals surface area contributed by atoms with Crippen molar-refractivity contribution in [3.63, 3.8) is 0 Å². The molecule has 0 rings (SSSR count). The Labute approximate surface area is 69.2 Å². The predicted molar refractivity (Wildman–Crippen MR) is 50.8 cm³/mol. The summed E-state index contributed by atoms with van der Waals surface area (Å²) in [7, 11) is 1.78. The molecule has 2 nitrogen and oxygen atoms in total. The molecule has 2 heteroatoms. The molecule has 0 radical (unpaired) electrons. The first-order valence-corrected chi connectivity index (χ1v) is 3.79. The van der Waals surface area contributed by atoms with Gasteiger partial charge in [0, 0.05) is 12.8 Å². The molecule has 0 spiro atoms. The lowest BCUT2D eigenvalue weighted by molar-refractivity contribution is 0.522. The monoisotopic (exact) mass is 154 g/mol. The van der Waals surface area contributed by atoms with Crippen molar-refractivity contribution in [2.24, 2.45) is 16.1 Å². The molecule has 0 atom stereocenters. The Bertz CT molecular complexity index is 182. The molecule has 64 valence electrons. The van der Waals surface area contributed by atoms with Gasteiger partial charge in [0.15, 0.2) is 0 Å². The molecule has 0 saturated carbocycles. The number of rotatable bonds is 1. The molecule has 0 aromatic carbocycles. The van der Waals surface area contributed by atoms with Crippen LogP contribution in [0.2, 0.25) is 0 Å². The van der Waals surface area contributed by atoms with Crippen molar-refractivity contribution in [2.75, 3.05) is 7.05 Å². The lowest BCUT2D eigenvalue weighted by atomic mass is 9.84. The highest BCUT2D eigenvalue weighted by molar-refractivity contribution is 5.99. The molecule has 0 heterocycles. The average Bonchev–Trinajstić information content (AvgIpc) is 1.86. The van der Waals surface area contributed by atoms with Crippen molar-refractivity contribution >= 4 is 5.71 Å². The van der Waals surface area contributed by atoms with Crippen LogP contribution in [0, 0.1) is 5.41 Å². The van der Waals surface area contributed by atoms with E-state index in [9.17, 15) is 0 Å². The van der Waals surface area contributed by atoms with Gasteiger partial charge in [0.2, 0.25) is 0 Å². The molecular formula is C9H18N2. The van der Waals surface area contributed by atoms with Crippen LogP contribution >= 0.6 is 0 Å². The van der Waals surface area contributed by atoms with Gasteiger partial charge in [-0.2, -0.15) is 0 Å². The molecule has 0 fully saturated rings.